The Morgan fingerprint density at radius 1 is 1.30 bits per heavy atom. The molecule has 1 saturated heterocycles. The summed E-state index contributed by atoms with van der Waals surface area (Å²) in [6.07, 6.45) is 4.05. The van der Waals surface area contributed by atoms with E-state index < -0.39 is 0 Å². The van der Waals surface area contributed by atoms with Crippen LogP contribution in [0.3, 0.4) is 0 Å². The third-order valence-corrected chi connectivity index (χ3v) is 5.97. The van der Waals surface area contributed by atoms with Gasteiger partial charge in [0.15, 0.2) is 5.78 Å². The predicted octanol–water partition coefficient (Wildman–Crippen LogP) is 3.99. The summed E-state index contributed by atoms with van der Waals surface area (Å²) in [5.74, 6) is 0.343. The minimum Gasteiger partial charge on any atom is -0.354 e. The van der Waals surface area contributed by atoms with E-state index in [-0.39, 0.29) is 17.5 Å². The molecular formula is C22H25FN2O2. The number of carbonyl (C=O) groups is 2. The fourth-order valence-electron chi connectivity index (χ4n) is 4.50. The molecule has 2 aliphatic rings. The van der Waals surface area contributed by atoms with Gasteiger partial charge in [-0.2, -0.15) is 0 Å². The van der Waals surface area contributed by atoms with Gasteiger partial charge in [-0.05, 0) is 68.2 Å². The molecule has 1 unspecified atom stereocenters. The van der Waals surface area contributed by atoms with Gasteiger partial charge in [-0.15, -0.1) is 0 Å². The Hall–Kier alpha value is -2.43. The van der Waals surface area contributed by atoms with Crippen LogP contribution in [0.15, 0.2) is 18.2 Å². The molecule has 1 fully saturated rings. The van der Waals surface area contributed by atoms with E-state index in [1.807, 2.05) is 24.0 Å². The molecule has 2 heterocycles. The quantitative estimate of drug-likeness (QED) is 0.890. The number of aromatic nitrogens is 1. The molecule has 4 rings (SSSR count). The first-order valence-corrected chi connectivity index (χ1v) is 9.73. The van der Waals surface area contributed by atoms with Gasteiger partial charge >= 0.3 is 0 Å². The van der Waals surface area contributed by atoms with E-state index >= 15 is 0 Å². The minimum absolute atomic E-state index is 0.00696. The lowest BCUT2D eigenvalue weighted by molar-refractivity contribution is 0.0781. The molecular weight excluding hydrogens is 343 g/mol. The van der Waals surface area contributed by atoms with Crippen molar-refractivity contribution in [2.45, 2.75) is 46.0 Å². The van der Waals surface area contributed by atoms with Crippen LogP contribution in [-0.4, -0.2) is 34.7 Å². The van der Waals surface area contributed by atoms with Gasteiger partial charge in [0.1, 0.15) is 11.5 Å². The number of aryl methyl sites for hydroxylation is 2. The Labute approximate surface area is 158 Å². The molecule has 0 bridgehead atoms. The fourth-order valence-corrected chi connectivity index (χ4v) is 4.50. The van der Waals surface area contributed by atoms with Crippen LogP contribution in [0.5, 0.6) is 0 Å². The molecule has 142 valence electrons. The number of amides is 1. The summed E-state index contributed by atoms with van der Waals surface area (Å²) in [6.45, 7) is 5.08. The van der Waals surface area contributed by atoms with Gasteiger partial charge in [-0.1, -0.05) is 12.1 Å². The number of carbonyl (C=O) groups excluding carboxylic acids is 2. The van der Waals surface area contributed by atoms with Gasteiger partial charge in [0.2, 0.25) is 0 Å². The van der Waals surface area contributed by atoms with Crippen molar-refractivity contribution >= 4 is 11.7 Å². The summed E-state index contributed by atoms with van der Waals surface area (Å²) in [5.41, 5.74) is 4.82. The molecule has 2 aromatic rings. The summed E-state index contributed by atoms with van der Waals surface area (Å²) in [7, 11) is 0. The Balaban J connectivity index is 1.47. The number of likely N-dealkylation sites (tertiary alicyclic amines) is 1. The van der Waals surface area contributed by atoms with Gasteiger partial charge in [0, 0.05) is 30.8 Å². The van der Waals surface area contributed by atoms with Gasteiger partial charge in [-0.25, -0.2) is 4.39 Å². The third kappa shape index (κ3) is 3.31. The van der Waals surface area contributed by atoms with Crippen LogP contribution in [0.4, 0.5) is 4.39 Å². The molecule has 27 heavy (non-hydrogen) atoms. The Kier molecular flexibility index (Phi) is 4.62. The van der Waals surface area contributed by atoms with E-state index in [4.69, 9.17) is 0 Å². The largest absolute Gasteiger partial charge is 0.354 e. The molecule has 1 amide bonds. The number of hydrogen-bond donors (Lipinski definition) is 1. The lowest BCUT2D eigenvalue weighted by Crippen LogP contribution is -2.29. The van der Waals surface area contributed by atoms with E-state index in [0.29, 0.717) is 30.1 Å². The van der Waals surface area contributed by atoms with Gasteiger partial charge in [0.05, 0.1) is 0 Å². The lowest BCUT2D eigenvalue weighted by atomic mass is 9.94. The minimum atomic E-state index is -0.178. The number of hydrogen-bond acceptors (Lipinski definition) is 2. The highest BCUT2D eigenvalue weighted by molar-refractivity contribution is 6.04. The van der Waals surface area contributed by atoms with Crippen LogP contribution >= 0.6 is 0 Å². The smallest absolute Gasteiger partial charge is 0.270 e. The molecule has 0 radical (unpaired) electrons. The van der Waals surface area contributed by atoms with Crippen molar-refractivity contribution in [3.63, 3.8) is 0 Å². The van der Waals surface area contributed by atoms with Crippen molar-refractivity contribution in [2.75, 3.05) is 13.1 Å². The number of fused-ring (bicyclic) bond motifs is 1. The predicted molar refractivity (Wildman–Crippen MR) is 102 cm³/mol. The van der Waals surface area contributed by atoms with Crippen LogP contribution in [0.2, 0.25) is 0 Å². The highest BCUT2D eigenvalue weighted by Crippen LogP contribution is 2.29. The zero-order valence-electron chi connectivity index (χ0n) is 15.9. The SMILES string of the molecule is Cc1cc(CC2CCN(C(=O)c3[nH]c4c(c3C)C(=O)CCC4)C2)ccc1F. The van der Waals surface area contributed by atoms with Crippen molar-refractivity contribution in [1.82, 2.24) is 9.88 Å². The Bertz CT molecular complexity index is 915. The summed E-state index contributed by atoms with van der Waals surface area (Å²) in [5, 5.41) is 0. The van der Waals surface area contributed by atoms with E-state index in [2.05, 4.69) is 4.98 Å². The van der Waals surface area contributed by atoms with Gasteiger partial charge < -0.3 is 9.88 Å². The maximum Gasteiger partial charge on any atom is 0.270 e. The lowest BCUT2D eigenvalue weighted by Gasteiger charge is -2.16. The van der Waals surface area contributed by atoms with Crippen LogP contribution in [0.25, 0.3) is 0 Å². The zero-order chi connectivity index (χ0) is 19.1. The molecule has 1 aromatic carbocycles. The Morgan fingerprint density at radius 3 is 2.85 bits per heavy atom. The molecule has 1 atom stereocenters. The number of Topliss-reactive ketones (excluding diaryl/α,β-unsaturated/α-hetero) is 1. The monoisotopic (exact) mass is 368 g/mol. The number of halogens is 1. The van der Waals surface area contributed by atoms with Crippen LogP contribution in [-0.2, 0) is 12.8 Å². The van der Waals surface area contributed by atoms with Crippen molar-refractivity contribution in [3.8, 4) is 0 Å². The van der Waals surface area contributed by atoms with E-state index in [1.54, 1.807) is 6.92 Å². The van der Waals surface area contributed by atoms with Crippen molar-refractivity contribution < 1.29 is 14.0 Å². The van der Waals surface area contributed by atoms with Crippen molar-refractivity contribution in [1.29, 1.82) is 0 Å². The molecule has 1 aromatic heterocycles. The van der Waals surface area contributed by atoms with E-state index in [1.165, 1.54) is 6.07 Å². The number of H-pyrrole nitrogens is 1. The number of ketones is 1. The topological polar surface area (TPSA) is 53.2 Å². The highest BCUT2D eigenvalue weighted by atomic mass is 19.1. The van der Waals surface area contributed by atoms with Crippen LogP contribution in [0.1, 0.15) is 62.5 Å². The maximum absolute atomic E-state index is 13.5. The highest BCUT2D eigenvalue weighted by Gasteiger charge is 2.32. The van der Waals surface area contributed by atoms with Gasteiger partial charge in [0.25, 0.3) is 5.91 Å². The average Bonchev–Trinajstić information content (AvgIpc) is 3.23. The summed E-state index contributed by atoms with van der Waals surface area (Å²) in [4.78, 5) is 30.3. The van der Waals surface area contributed by atoms with Gasteiger partial charge in [-0.3, -0.25) is 9.59 Å². The summed E-state index contributed by atoms with van der Waals surface area (Å²) < 4.78 is 13.5. The first-order chi connectivity index (χ1) is 12.9. The molecule has 1 aliphatic carbocycles. The molecule has 4 nitrogen and oxygen atoms in total. The summed E-state index contributed by atoms with van der Waals surface area (Å²) in [6, 6.07) is 5.25. The average molecular weight is 368 g/mol. The normalized spacial score (nSPS) is 19.4. The molecule has 1 aliphatic heterocycles. The molecule has 1 N–H and O–H groups in total. The molecule has 5 heteroatoms. The second-order valence-electron chi connectivity index (χ2n) is 7.95. The molecule has 0 saturated carbocycles. The molecule has 0 spiro atoms. The van der Waals surface area contributed by atoms with Crippen molar-refractivity contribution in [3.05, 3.63) is 57.7 Å². The third-order valence-electron chi connectivity index (χ3n) is 5.97. The standard InChI is InChI=1S/C22H25FN2O2/c1-13-10-15(6-7-17(13)23)11-16-8-9-25(12-16)22(27)21-14(2)20-18(24-21)4-3-5-19(20)26/h6-7,10,16,24H,3-5,8-9,11-12H2,1-2H3. The second-order valence-corrected chi connectivity index (χ2v) is 7.95. The number of nitrogens with zero attached hydrogens (tertiary/aromatic N) is 1. The number of nitrogens with one attached hydrogen (secondary N) is 1. The Morgan fingerprint density at radius 2 is 2.11 bits per heavy atom. The number of aromatic amines is 1. The van der Waals surface area contributed by atoms with E-state index in [9.17, 15) is 14.0 Å². The van der Waals surface area contributed by atoms with E-state index in [0.717, 1.165) is 54.6 Å². The van der Waals surface area contributed by atoms with Crippen molar-refractivity contribution in [2.24, 2.45) is 5.92 Å². The summed E-state index contributed by atoms with van der Waals surface area (Å²) >= 11 is 0. The first-order valence-electron chi connectivity index (χ1n) is 9.73. The first kappa shape index (κ1) is 18.0. The fraction of sp³-hybridized carbons (Fsp3) is 0.455. The van der Waals surface area contributed by atoms with Crippen LogP contribution in [0, 0.1) is 25.6 Å². The van der Waals surface area contributed by atoms with Crippen LogP contribution < -0.4 is 0 Å². The second kappa shape index (κ2) is 6.95. The number of rotatable bonds is 3. The zero-order valence-corrected chi connectivity index (χ0v) is 15.9. The number of benzene rings is 1. The maximum atomic E-state index is 13.5.